The highest BCUT2D eigenvalue weighted by atomic mass is 35.5. The highest BCUT2D eigenvalue weighted by Gasteiger charge is 2.28. The summed E-state index contributed by atoms with van der Waals surface area (Å²) >= 11 is 1.33. The second-order valence-corrected chi connectivity index (χ2v) is 6.85. The zero-order valence-electron chi connectivity index (χ0n) is 14.4. The number of benzene rings is 1. The van der Waals surface area contributed by atoms with E-state index in [2.05, 4.69) is 17.2 Å². The molecule has 26 heavy (non-hydrogen) atoms. The number of hydrogen-bond donors (Lipinski definition) is 1. The first-order valence-electron chi connectivity index (χ1n) is 8.32. The fraction of sp³-hybridized carbons (Fsp3) is 0.412. The summed E-state index contributed by atoms with van der Waals surface area (Å²) in [5, 5.41) is 16.6. The summed E-state index contributed by atoms with van der Waals surface area (Å²) in [5.41, 5.74) is 1.08. The van der Waals surface area contributed by atoms with Crippen LogP contribution in [0.2, 0.25) is 0 Å². The number of aromatic nitrogens is 1. The minimum absolute atomic E-state index is 0. The smallest absolute Gasteiger partial charge is 0.273 e. The molecule has 0 saturated carbocycles. The zero-order valence-corrected chi connectivity index (χ0v) is 16.0. The van der Waals surface area contributed by atoms with Gasteiger partial charge in [0.15, 0.2) is 0 Å². The molecule has 7 nitrogen and oxygen atoms in total. The Morgan fingerprint density at radius 3 is 2.96 bits per heavy atom. The van der Waals surface area contributed by atoms with Crippen LogP contribution in [-0.4, -0.2) is 46.4 Å². The molecule has 1 amide bonds. The van der Waals surface area contributed by atoms with Crippen molar-refractivity contribution in [2.75, 3.05) is 19.6 Å². The molecule has 0 aliphatic carbocycles. The average Bonchev–Trinajstić information content (AvgIpc) is 3.31. The van der Waals surface area contributed by atoms with Gasteiger partial charge in [0.25, 0.3) is 11.6 Å². The van der Waals surface area contributed by atoms with Gasteiger partial charge < -0.3 is 10.2 Å². The highest BCUT2D eigenvalue weighted by Crippen LogP contribution is 2.27. The van der Waals surface area contributed by atoms with Crippen molar-refractivity contribution in [2.45, 2.75) is 25.8 Å². The van der Waals surface area contributed by atoms with Gasteiger partial charge in [-0.25, -0.2) is 4.98 Å². The van der Waals surface area contributed by atoms with Crippen LogP contribution in [0.4, 0.5) is 5.69 Å². The molecule has 0 radical (unpaired) electrons. The van der Waals surface area contributed by atoms with Crippen LogP contribution in [0.25, 0.3) is 10.6 Å². The lowest BCUT2D eigenvalue weighted by atomic mass is 10.2. The van der Waals surface area contributed by atoms with Crippen LogP contribution in [0, 0.1) is 10.1 Å². The van der Waals surface area contributed by atoms with Crippen molar-refractivity contribution < 1.29 is 9.72 Å². The quantitative estimate of drug-likeness (QED) is 0.597. The Balaban J connectivity index is 0.00000243. The van der Waals surface area contributed by atoms with Gasteiger partial charge in [0.05, 0.1) is 4.92 Å². The second-order valence-electron chi connectivity index (χ2n) is 5.99. The standard InChI is InChI=1S/C17H20N4O3S.ClH/c1-2-8-20(14-6-7-18-10-14)17(22)15-11-25-16(19-15)12-4-3-5-13(9-12)21(23)24;/h3-5,9,11,14,18H,2,6-8,10H2,1H3;1H. The lowest BCUT2D eigenvalue weighted by molar-refractivity contribution is -0.384. The number of nitro groups is 1. The van der Waals surface area contributed by atoms with E-state index in [1.54, 1.807) is 17.5 Å². The third-order valence-electron chi connectivity index (χ3n) is 4.23. The van der Waals surface area contributed by atoms with Gasteiger partial charge in [-0.3, -0.25) is 14.9 Å². The first kappa shape index (κ1) is 20.3. The van der Waals surface area contributed by atoms with Crippen molar-refractivity contribution in [3.05, 3.63) is 45.5 Å². The van der Waals surface area contributed by atoms with Gasteiger partial charge in [-0.15, -0.1) is 23.7 Å². The Morgan fingerprint density at radius 2 is 2.31 bits per heavy atom. The largest absolute Gasteiger partial charge is 0.333 e. The predicted octanol–water partition coefficient (Wildman–Crippen LogP) is 3.35. The molecule has 1 atom stereocenters. The molecule has 1 N–H and O–H groups in total. The van der Waals surface area contributed by atoms with Crippen molar-refractivity contribution in [3.8, 4) is 10.6 Å². The van der Waals surface area contributed by atoms with Gasteiger partial charge in [-0.2, -0.15) is 0 Å². The summed E-state index contributed by atoms with van der Waals surface area (Å²) in [7, 11) is 0. The monoisotopic (exact) mass is 396 g/mol. The van der Waals surface area contributed by atoms with Gasteiger partial charge >= 0.3 is 0 Å². The number of non-ortho nitro benzene ring substituents is 1. The summed E-state index contributed by atoms with van der Waals surface area (Å²) in [5.74, 6) is -0.0662. The van der Waals surface area contributed by atoms with Crippen LogP contribution < -0.4 is 5.32 Å². The first-order valence-corrected chi connectivity index (χ1v) is 9.20. The Bertz CT molecular complexity index is 777. The lowest BCUT2D eigenvalue weighted by Crippen LogP contribution is -2.42. The van der Waals surface area contributed by atoms with Crippen molar-refractivity contribution in [3.63, 3.8) is 0 Å². The minimum atomic E-state index is -0.431. The lowest BCUT2D eigenvalue weighted by Gasteiger charge is -2.27. The third-order valence-corrected chi connectivity index (χ3v) is 5.12. The fourth-order valence-corrected chi connectivity index (χ4v) is 3.79. The summed E-state index contributed by atoms with van der Waals surface area (Å²) in [6.45, 7) is 4.49. The zero-order chi connectivity index (χ0) is 17.8. The first-order chi connectivity index (χ1) is 12.1. The molecule has 1 aromatic heterocycles. The SMILES string of the molecule is CCCN(C(=O)c1csc(-c2cccc([N+](=O)[O-])c2)n1)C1CCNC1.Cl. The molecule has 1 unspecified atom stereocenters. The van der Waals surface area contributed by atoms with Gasteiger partial charge in [0.2, 0.25) is 0 Å². The number of nitrogens with one attached hydrogen (secondary N) is 1. The molecule has 0 bridgehead atoms. The molecule has 1 saturated heterocycles. The second kappa shape index (κ2) is 9.07. The highest BCUT2D eigenvalue weighted by molar-refractivity contribution is 7.13. The number of nitro benzene ring substituents is 1. The van der Waals surface area contributed by atoms with E-state index in [4.69, 9.17) is 0 Å². The van der Waals surface area contributed by atoms with Gasteiger partial charge in [-0.1, -0.05) is 19.1 Å². The summed E-state index contributed by atoms with van der Waals surface area (Å²) < 4.78 is 0. The number of amides is 1. The molecule has 1 aliphatic heterocycles. The van der Waals surface area contributed by atoms with Gasteiger partial charge in [-0.05, 0) is 19.4 Å². The van der Waals surface area contributed by atoms with Crippen LogP contribution in [0.1, 0.15) is 30.3 Å². The van der Waals surface area contributed by atoms with Crippen molar-refractivity contribution in [2.24, 2.45) is 0 Å². The summed E-state index contributed by atoms with van der Waals surface area (Å²) in [6.07, 6.45) is 1.84. The maximum atomic E-state index is 12.9. The number of halogens is 1. The molecular formula is C17H21ClN4O3S. The van der Waals surface area contributed by atoms with E-state index in [0.717, 1.165) is 25.9 Å². The molecule has 1 aromatic carbocycles. The summed E-state index contributed by atoms with van der Waals surface area (Å²) in [6, 6.07) is 6.53. The normalized spacial score (nSPS) is 16.1. The number of carbonyl (C=O) groups is 1. The Morgan fingerprint density at radius 1 is 1.50 bits per heavy atom. The maximum Gasteiger partial charge on any atom is 0.273 e. The minimum Gasteiger partial charge on any atom is -0.333 e. The van der Waals surface area contributed by atoms with E-state index in [0.29, 0.717) is 22.8 Å². The fourth-order valence-electron chi connectivity index (χ4n) is 3.00. The molecule has 2 aromatic rings. The number of nitrogens with zero attached hydrogens (tertiary/aromatic N) is 3. The number of hydrogen-bond acceptors (Lipinski definition) is 6. The molecule has 1 fully saturated rings. The number of carbonyl (C=O) groups excluding carboxylic acids is 1. The van der Waals surface area contributed by atoms with Crippen LogP contribution in [0.5, 0.6) is 0 Å². The molecule has 140 valence electrons. The maximum absolute atomic E-state index is 12.9. The van der Waals surface area contributed by atoms with Crippen molar-refractivity contribution in [1.29, 1.82) is 0 Å². The van der Waals surface area contributed by atoms with E-state index >= 15 is 0 Å². The topological polar surface area (TPSA) is 88.4 Å². The number of thiazole rings is 1. The van der Waals surface area contributed by atoms with Crippen LogP contribution in [0.3, 0.4) is 0 Å². The van der Waals surface area contributed by atoms with E-state index in [-0.39, 0.29) is 30.0 Å². The molecule has 9 heteroatoms. The average molecular weight is 397 g/mol. The Labute approximate surface area is 162 Å². The third kappa shape index (κ3) is 4.38. The Kier molecular flexibility index (Phi) is 7.07. The van der Waals surface area contributed by atoms with Gasteiger partial charge in [0, 0.05) is 42.2 Å². The van der Waals surface area contributed by atoms with Crippen LogP contribution >= 0.6 is 23.7 Å². The van der Waals surface area contributed by atoms with Gasteiger partial charge in [0.1, 0.15) is 10.7 Å². The van der Waals surface area contributed by atoms with E-state index in [1.165, 1.54) is 23.5 Å². The Hall–Kier alpha value is -2.03. The van der Waals surface area contributed by atoms with Crippen molar-refractivity contribution in [1.82, 2.24) is 15.2 Å². The molecule has 3 rings (SSSR count). The number of rotatable bonds is 6. The molecule has 0 spiro atoms. The molecule has 2 heterocycles. The molecular weight excluding hydrogens is 376 g/mol. The van der Waals surface area contributed by atoms with E-state index in [9.17, 15) is 14.9 Å². The van der Waals surface area contributed by atoms with E-state index in [1.807, 2.05) is 4.90 Å². The molecule has 1 aliphatic rings. The van der Waals surface area contributed by atoms with E-state index < -0.39 is 4.92 Å². The van der Waals surface area contributed by atoms with Crippen molar-refractivity contribution >= 4 is 35.3 Å². The van der Waals surface area contributed by atoms with Crippen LogP contribution in [-0.2, 0) is 0 Å². The summed E-state index contributed by atoms with van der Waals surface area (Å²) in [4.78, 5) is 29.7. The van der Waals surface area contributed by atoms with Crippen LogP contribution in [0.15, 0.2) is 29.6 Å². The predicted molar refractivity (Wildman–Crippen MR) is 104 cm³/mol.